The Morgan fingerprint density at radius 2 is 1.83 bits per heavy atom. The maximum absolute atomic E-state index is 12.7. The number of para-hydroxylation sites is 1. The highest BCUT2D eigenvalue weighted by molar-refractivity contribution is 8.27. The molecule has 0 radical (unpaired) electrons. The molecule has 3 nitrogen and oxygen atoms in total. The van der Waals surface area contributed by atoms with Crippen molar-refractivity contribution in [1.29, 1.82) is 0 Å². The smallest absolute Gasteiger partial charge is 0.270 e. The average molecular weight is 341 g/mol. The van der Waals surface area contributed by atoms with Gasteiger partial charge < -0.3 is 4.74 Å². The van der Waals surface area contributed by atoms with E-state index in [4.69, 9.17) is 17.0 Å². The first-order chi connectivity index (χ1) is 11.1. The van der Waals surface area contributed by atoms with Gasteiger partial charge in [0.1, 0.15) is 5.75 Å². The van der Waals surface area contributed by atoms with Crippen LogP contribution in [-0.2, 0) is 4.79 Å². The van der Waals surface area contributed by atoms with Gasteiger partial charge in [0, 0.05) is 0 Å². The van der Waals surface area contributed by atoms with Crippen LogP contribution >= 0.6 is 24.0 Å². The van der Waals surface area contributed by atoms with Gasteiger partial charge in [-0.1, -0.05) is 54.3 Å². The van der Waals surface area contributed by atoms with Gasteiger partial charge in [-0.15, -0.1) is 0 Å². The number of thiocarbonyl (C=S) groups is 1. The van der Waals surface area contributed by atoms with Crippen LogP contribution in [0.2, 0.25) is 0 Å². The first kappa shape index (κ1) is 15.8. The number of ether oxygens (including phenoxy) is 1. The number of amides is 1. The number of aryl methyl sites for hydroxylation is 1. The molecular formula is C18H15NO2S2. The van der Waals surface area contributed by atoms with E-state index < -0.39 is 0 Å². The van der Waals surface area contributed by atoms with Gasteiger partial charge in [-0.05, 0) is 42.3 Å². The Morgan fingerprint density at radius 1 is 1.13 bits per heavy atom. The largest absolute Gasteiger partial charge is 0.497 e. The van der Waals surface area contributed by atoms with E-state index in [-0.39, 0.29) is 5.91 Å². The van der Waals surface area contributed by atoms with Crippen LogP contribution in [0.25, 0.3) is 6.08 Å². The highest BCUT2D eigenvalue weighted by Crippen LogP contribution is 2.37. The van der Waals surface area contributed by atoms with Crippen molar-refractivity contribution < 1.29 is 9.53 Å². The summed E-state index contributed by atoms with van der Waals surface area (Å²) in [5.41, 5.74) is 2.80. The molecule has 0 aromatic heterocycles. The zero-order valence-electron chi connectivity index (χ0n) is 12.8. The first-order valence-corrected chi connectivity index (χ1v) is 8.30. The number of anilines is 1. The van der Waals surface area contributed by atoms with Crippen LogP contribution in [0.4, 0.5) is 5.69 Å². The van der Waals surface area contributed by atoms with Gasteiger partial charge in [0.2, 0.25) is 0 Å². The average Bonchev–Trinajstić information content (AvgIpc) is 2.83. The lowest BCUT2D eigenvalue weighted by molar-refractivity contribution is -0.113. The number of hydrogen-bond donors (Lipinski definition) is 0. The second-order valence-corrected chi connectivity index (χ2v) is 6.75. The van der Waals surface area contributed by atoms with Gasteiger partial charge in [0.25, 0.3) is 5.91 Å². The number of thioether (sulfide) groups is 1. The van der Waals surface area contributed by atoms with Crippen LogP contribution in [0, 0.1) is 6.92 Å². The van der Waals surface area contributed by atoms with E-state index in [1.54, 1.807) is 12.0 Å². The molecule has 5 heteroatoms. The molecule has 0 unspecified atom stereocenters. The zero-order valence-corrected chi connectivity index (χ0v) is 14.4. The Bertz CT molecular complexity index is 797. The molecule has 2 aromatic rings. The van der Waals surface area contributed by atoms with Crippen LogP contribution in [0.3, 0.4) is 0 Å². The summed E-state index contributed by atoms with van der Waals surface area (Å²) in [6.45, 7) is 1.97. The van der Waals surface area contributed by atoms with E-state index in [1.807, 2.05) is 61.5 Å². The number of hydrogen-bond acceptors (Lipinski definition) is 4. The van der Waals surface area contributed by atoms with Crippen molar-refractivity contribution in [3.05, 3.63) is 64.6 Å². The van der Waals surface area contributed by atoms with Crippen molar-refractivity contribution in [2.24, 2.45) is 0 Å². The fraction of sp³-hybridized carbons (Fsp3) is 0.111. The molecule has 0 saturated carbocycles. The summed E-state index contributed by atoms with van der Waals surface area (Å²) in [4.78, 5) is 15.0. The van der Waals surface area contributed by atoms with E-state index in [0.717, 1.165) is 22.6 Å². The SMILES string of the molecule is COc1ccc(/C=C2\SC(=S)N(c3ccccc3C)C2=O)cc1. The molecule has 0 aliphatic carbocycles. The fourth-order valence-electron chi connectivity index (χ4n) is 2.34. The van der Waals surface area contributed by atoms with Gasteiger partial charge in [0.05, 0.1) is 17.7 Å². The summed E-state index contributed by atoms with van der Waals surface area (Å²) in [5, 5.41) is 0. The molecule has 1 aliphatic heterocycles. The topological polar surface area (TPSA) is 29.5 Å². The summed E-state index contributed by atoms with van der Waals surface area (Å²) in [7, 11) is 1.63. The Morgan fingerprint density at radius 3 is 2.48 bits per heavy atom. The summed E-state index contributed by atoms with van der Waals surface area (Å²) < 4.78 is 5.70. The lowest BCUT2D eigenvalue weighted by Crippen LogP contribution is -2.28. The molecule has 0 N–H and O–H groups in total. The number of nitrogens with zero attached hydrogens (tertiary/aromatic N) is 1. The third-order valence-corrected chi connectivity index (χ3v) is 4.87. The highest BCUT2D eigenvalue weighted by Gasteiger charge is 2.33. The molecule has 3 rings (SSSR count). The number of carbonyl (C=O) groups is 1. The van der Waals surface area contributed by atoms with Crippen LogP contribution in [0.5, 0.6) is 5.75 Å². The van der Waals surface area contributed by atoms with E-state index in [2.05, 4.69) is 0 Å². The van der Waals surface area contributed by atoms with Crippen molar-refractivity contribution in [3.8, 4) is 5.75 Å². The van der Waals surface area contributed by atoms with E-state index >= 15 is 0 Å². The molecule has 1 aliphatic rings. The van der Waals surface area contributed by atoms with Crippen molar-refractivity contribution in [2.45, 2.75) is 6.92 Å². The zero-order chi connectivity index (χ0) is 16.4. The van der Waals surface area contributed by atoms with Crippen molar-refractivity contribution in [1.82, 2.24) is 0 Å². The van der Waals surface area contributed by atoms with Crippen molar-refractivity contribution in [3.63, 3.8) is 0 Å². The van der Waals surface area contributed by atoms with Crippen LogP contribution in [-0.4, -0.2) is 17.3 Å². The lowest BCUT2D eigenvalue weighted by atomic mass is 10.1. The van der Waals surface area contributed by atoms with Crippen LogP contribution in [0.15, 0.2) is 53.4 Å². The predicted octanol–water partition coefficient (Wildman–Crippen LogP) is 4.41. The standard InChI is InChI=1S/C18H15NO2S2/c1-12-5-3-4-6-15(12)19-17(20)16(23-18(19)22)11-13-7-9-14(21-2)10-8-13/h3-11H,1-2H3/b16-11-. The van der Waals surface area contributed by atoms with Gasteiger partial charge >= 0.3 is 0 Å². The number of methoxy groups -OCH3 is 1. The molecule has 0 bridgehead atoms. The minimum atomic E-state index is -0.0786. The quantitative estimate of drug-likeness (QED) is 0.611. The van der Waals surface area contributed by atoms with E-state index in [9.17, 15) is 4.79 Å². The molecule has 1 fully saturated rings. The van der Waals surface area contributed by atoms with Gasteiger partial charge in [0.15, 0.2) is 4.32 Å². The van der Waals surface area contributed by atoms with Gasteiger partial charge in [-0.25, -0.2) is 0 Å². The monoisotopic (exact) mass is 341 g/mol. The molecule has 1 heterocycles. The second-order valence-electron chi connectivity index (χ2n) is 5.08. The summed E-state index contributed by atoms with van der Waals surface area (Å²) in [6, 6.07) is 15.3. The normalized spacial score (nSPS) is 16.3. The molecular weight excluding hydrogens is 326 g/mol. The summed E-state index contributed by atoms with van der Waals surface area (Å²) in [5.74, 6) is 0.708. The molecule has 2 aromatic carbocycles. The summed E-state index contributed by atoms with van der Waals surface area (Å²) in [6.07, 6.45) is 1.86. The number of benzene rings is 2. The minimum absolute atomic E-state index is 0.0786. The number of rotatable bonds is 3. The van der Waals surface area contributed by atoms with Crippen LogP contribution in [0.1, 0.15) is 11.1 Å². The third kappa shape index (κ3) is 3.16. The predicted molar refractivity (Wildman–Crippen MR) is 99.8 cm³/mol. The van der Waals surface area contributed by atoms with Crippen molar-refractivity contribution in [2.75, 3.05) is 12.0 Å². The lowest BCUT2D eigenvalue weighted by Gasteiger charge is -2.16. The number of carbonyl (C=O) groups excluding carboxylic acids is 1. The highest BCUT2D eigenvalue weighted by atomic mass is 32.2. The van der Waals surface area contributed by atoms with E-state index in [0.29, 0.717) is 9.23 Å². The molecule has 1 amide bonds. The maximum Gasteiger partial charge on any atom is 0.270 e. The van der Waals surface area contributed by atoms with E-state index in [1.165, 1.54) is 11.8 Å². The van der Waals surface area contributed by atoms with Crippen molar-refractivity contribution >= 4 is 46.0 Å². The van der Waals surface area contributed by atoms with Crippen LogP contribution < -0.4 is 9.64 Å². The first-order valence-electron chi connectivity index (χ1n) is 7.08. The molecule has 23 heavy (non-hydrogen) atoms. The fourth-order valence-corrected chi connectivity index (χ4v) is 3.63. The molecule has 0 spiro atoms. The summed E-state index contributed by atoms with van der Waals surface area (Å²) >= 11 is 6.73. The second kappa shape index (κ2) is 6.56. The van der Waals surface area contributed by atoms with Gasteiger partial charge in [-0.3, -0.25) is 9.69 Å². The van der Waals surface area contributed by atoms with Gasteiger partial charge in [-0.2, -0.15) is 0 Å². The molecule has 0 atom stereocenters. The third-order valence-electron chi connectivity index (χ3n) is 3.56. The molecule has 1 saturated heterocycles. The minimum Gasteiger partial charge on any atom is -0.497 e. The Labute approximate surface area is 144 Å². The Kier molecular flexibility index (Phi) is 4.50. The Hall–Kier alpha value is -2.11. The maximum atomic E-state index is 12.7. The molecule has 116 valence electrons. The Balaban J connectivity index is 1.91.